The first-order valence-electron chi connectivity index (χ1n) is 9.81. The molecule has 8 heteroatoms. The minimum absolute atomic E-state index is 0.243. The van der Waals surface area contributed by atoms with Crippen LogP contribution in [0.3, 0.4) is 0 Å². The van der Waals surface area contributed by atoms with Gasteiger partial charge in [-0.25, -0.2) is 4.98 Å². The van der Waals surface area contributed by atoms with Crippen LogP contribution in [0.4, 0.5) is 17.2 Å². The van der Waals surface area contributed by atoms with E-state index in [1.165, 1.54) is 0 Å². The van der Waals surface area contributed by atoms with E-state index in [2.05, 4.69) is 20.5 Å². The highest BCUT2D eigenvalue weighted by Gasteiger charge is 2.34. The number of ketones is 1. The normalized spacial score (nSPS) is 18.6. The third-order valence-electron chi connectivity index (χ3n) is 5.01. The van der Waals surface area contributed by atoms with E-state index in [0.717, 1.165) is 24.7 Å². The van der Waals surface area contributed by atoms with Crippen LogP contribution in [0.5, 0.6) is 5.75 Å². The number of Topliss-reactive ketones (excluding diaryl/α,β-unsaturated/α-hetero) is 1. The number of amides is 1. The number of carbonyl (C=O) groups is 2. The summed E-state index contributed by atoms with van der Waals surface area (Å²) in [5.41, 5.74) is 1.59. The molecule has 1 unspecified atom stereocenters. The number of nitrogens with one attached hydrogen (secondary N) is 2. The fourth-order valence-electron chi connectivity index (χ4n) is 3.46. The van der Waals surface area contributed by atoms with E-state index in [0.29, 0.717) is 36.9 Å². The molecule has 8 nitrogen and oxygen atoms in total. The van der Waals surface area contributed by atoms with Crippen LogP contribution in [0.2, 0.25) is 0 Å². The van der Waals surface area contributed by atoms with Crippen molar-refractivity contribution in [3.05, 3.63) is 42.1 Å². The number of hydrogen-bond donors (Lipinski definition) is 2. The molecule has 2 aliphatic rings. The van der Waals surface area contributed by atoms with E-state index in [9.17, 15) is 9.59 Å². The van der Waals surface area contributed by atoms with Crippen LogP contribution in [0.15, 0.2) is 36.4 Å². The first-order valence-corrected chi connectivity index (χ1v) is 9.81. The van der Waals surface area contributed by atoms with Gasteiger partial charge in [-0.05, 0) is 43.3 Å². The second-order valence-electron chi connectivity index (χ2n) is 6.91. The number of ether oxygens (including phenoxy) is 2. The molecule has 0 spiro atoms. The van der Waals surface area contributed by atoms with Gasteiger partial charge in [-0.2, -0.15) is 0 Å². The van der Waals surface area contributed by atoms with E-state index in [1.807, 2.05) is 19.1 Å². The highest BCUT2D eigenvalue weighted by Crippen LogP contribution is 2.27. The Labute approximate surface area is 169 Å². The molecule has 1 fully saturated rings. The van der Waals surface area contributed by atoms with Crippen molar-refractivity contribution < 1.29 is 19.1 Å². The summed E-state index contributed by atoms with van der Waals surface area (Å²) in [4.78, 5) is 32.4. The lowest BCUT2D eigenvalue weighted by Crippen LogP contribution is -2.40. The van der Waals surface area contributed by atoms with Crippen LogP contribution in [0.25, 0.3) is 0 Å². The van der Waals surface area contributed by atoms with Gasteiger partial charge < -0.3 is 25.0 Å². The van der Waals surface area contributed by atoms with Crippen LogP contribution in [-0.4, -0.2) is 56.1 Å². The zero-order valence-electron chi connectivity index (χ0n) is 16.3. The van der Waals surface area contributed by atoms with Gasteiger partial charge in [0.2, 0.25) is 5.91 Å². The van der Waals surface area contributed by atoms with Crippen molar-refractivity contribution in [3.8, 4) is 5.75 Å². The highest BCUT2D eigenvalue weighted by atomic mass is 16.5. The molecule has 0 saturated carbocycles. The second kappa shape index (κ2) is 8.48. The Bertz CT molecular complexity index is 894. The Morgan fingerprint density at radius 1 is 1.24 bits per heavy atom. The van der Waals surface area contributed by atoms with E-state index < -0.39 is 5.92 Å². The third kappa shape index (κ3) is 4.17. The molecule has 2 N–H and O–H groups in total. The van der Waals surface area contributed by atoms with Gasteiger partial charge in [0.15, 0.2) is 5.78 Å². The predicted octanol–water partition coefficient (Wildman–Crippen LogP) is 2.18. The lowest BCUT2D eigenvalue weighted by Gasteiger charge is -2.29. The van der Waals surface area contributed by atoms with Gasteiger partial charge in [0.25, 0.3) is 0 Å². The number of rotatable bonds is 5. The molecule has 0 bridgehead atoms. The second-order valence-corrected chi connectivity index (χ2v) is 6.91. The summed E-state index contributed by atoms with van der Waals surface area (Å²) in [6.07, 6.45) is 0. The average Bonchev–Trinajstić information content (AvgIpc) is 2.76. The number of carbonyl (C=O) groups excluding carboxylic acids is 2. The number of nitrogens with zero attached hydrogens (tertiary/aromatic N) is 2. The predicted molar refractivity (Wildman–Crippen MR) is 110 cm³/mol. The Hall–Kier alpha value is -3.13. The maximum absolute atomic E-state index is 13.0. The quantitative estimate of drug-likeness (QED) is 0.749. The summed E-state index contributed by atoms with van der Waals surface area (Å²) in [5, 5.41) is 5.97. The fourth-order valence-corrected chi connectivity index (χ4v) is 3.46. The molecule has 29 heavy (non-hydrogen) atoms. The number of anilines is 3. The zero-order chi connectivity index (χ0) is 20.2. The maximum Gasteiger partial charge on any atom is 0.237 e. The molecule has 2 aliphatic heterocycles. The van der Waals surface area contributed by atoms with Crippen molar-refractivity contribution in [1.29, 1.82) is 0 Å². The molecular formula is C21H24N4O4. The molecule has 1 atom stereocenters. The molecule has 4 rings (SSSR count). The van der Waals surface area contributed by atoms with E-state index >= 15 is 0 Å². The lowest BCUT2D eigenvalue weighted by molar-refractivity contribution is -0.118. The minimum Gasteiger partial charge on any atom is -0.494 e. The smallest absolute Gasteiger partial charge is 0.237 e. The lowest BCUT2D eigenvalue weighted by atomic mass is 9.95. The van der Waals surface area contributed by atoms with Gasteiger partial charge in [0, 0.05) is 25.3 Å². The Kier molecular flexibility index (Phi) is 5.62. The van der Waals surface area contributed by atoms with Gasteiger partial charge in [-0.3, -0.25) is 9.59 Å². The summed E-state index contributed by atoms with van der Waals surface area (Å²) >= 11 is 0. The van der Waals surface area contributed by atoms with Crippen LogP contribution in [-0.2, 0) is 9.53 Å². The largest absolute Gasteiger partial charge is 0.494 e. The molecule has 1 amide bonds. The van der Waals surface area contributed by atoms with Gasteiger partial charge in [0.05, 0.1) is 25.5 Å². The van der Waals surface area contributed by atoms with Crippen molar-refractivity contribution >= 4 is 28.9 Å². The van der Waals surface area contributed by atoms with Crippen LogP contribution < -0.4 is 20.3 Å². The highest BCUT2D eigenvalue weighted by molar-refractivity contribution is 6.16. The Morgan fingerprint density at radius 3 is 2.72 bits per heavy atom. The van der Waals surface area contributed by atoms with Crippen LogP contribution in [0.1, 0.15) is 17.4 Å². The fraction of sp³-hybridized carbons (Fsp3) is 0.381. The molecule has 2 aromatic rings. The van der Waals surface area contributed by atoms with Crippen molar-refractivity contribution in [2.45, 2.75) is 6.92 Å². The molecule has 1 aromatic heterocycles. The van der Waals surface area contributed by atoms with Crippen molar-refractivity contribution in [2.75, 3.05) is 55.0 Å². The van der Waals surface area contributed by atoms with Crippen molar-refractivity contribution in [2.24, 2.45) is 5.92 Å². The van der Waals surface area contributed by atoms with E-state index in [1.54, 1.807) is 24.3 Å². The SMILES string of the molecule is CCOc1ccc(NC(=O)C2CNc3ccc(N4CCOCC4)nc3C2=O)cc1. The first kappa shape index (κ1) is 19.2. The summed E-state index contributed by atoms with van der Waals surface area (Å²) in [5.74, 6) is 0.0131. The summed E-state index contributed by atoms with van der Waals surface area (Å²) in [6, 6.07) is 10.8. The zero-order valence-corrected chi connectivity index (χ0v) is 16.3. The number of morpholine rings is 1. The Balaban J connectivity index is 1.47. The maximum atomic E-state index is 13.0. The number of aromatic nitrogens is 1. The van der Waals surface area contributed by atoms with Crippen molar-refractivity contribution in [3.63, 3.8) is 0 Å². The summed E-state index contributed by atoms with van der Waals surface area (Å²) in [7, 11) is 0. The standard InChI is InChI=1S/C21H24N4O4/c1-2-29-15-5-3-14(4-6-15)23-21(27)16-13-22-17-7-8-18(24-19(17)20(16)26)25-9-11-28-12-10-25/h3-8,16,22H,2,9-13H2,1H3,(H,23,27). The van der Waals surface area contributed by atoms with Gasteiger partial charge in [0.1, 0.15) is 23.2 Å². The van der Waals surface area contributed by atoms with Gasteiger partial charge >= 0.3 is 0 Å². The van der Waals surface area contributed by atoms with Gasteiger partial charge in [-0.1, -0.05) is 0 Å². The number of benzene rings is 1. The molecule has 1 saturated heterocycles. The molecule has 0 radical (unpaired) electrons. The minimum atomic E-state index is -0.832. The Morgan fingerprint density at radius 2 is 2.00 bits per heavy atom. The summed E-state index contributed by atoms with van der Waals surface area (Å²) < 4.78 is 10.8. The molecule has 152 valence electrons. The van der Waals surface area contributed by atoms with Crippen molar-refractivity contribution in [1.82, 2.24) is 4.98 Å². The molecule has 0 aliphatic carbocycles. The number of fused-ring (bicyclic) bond motifs is 1. The monoisotopic (exact) mass is 396 g/mol. The van der Waals surface area contributed by atoms with Crippen LogP contribution in [0, 0.1) is 5.92 Å². The molecular weight excluding hydrogens is 372 g/mol. The topological polar surface area (TPSA) is 92.8 Å². The van der Waals surface area contributed by atoms with E-state index in [4.69, 9.17) is 9.47 Å². The van der Waals surface area contributed by atoms with Gasteiger partial charge in [-0.15, -0.1) is 0 Å². The first-order chi connectivity index (χ1) is 14.2. The summed E-state index contributed by atoms with van der Waals surface area (Å²) in [6.45, 7) is 5.47. The van der Waals surface area contributed by atoms with Crippen LogP contribution >= 0.6 is 0 Å². The molecule has 1 aromatic carbocycles. The average molecular weight is 396 g/mol. The third-order valence-corrected chi connectivity index (χ3v) is 5.01. The number of hydrogen-bond acceptors (Lipinski definition) is 7. The number of pyridine rings is 1. The molecule has 3 heterocycles. The van der Waals surface area contributed by atoms with E-state index in [-0.39, 0.29) is 18.2 Å².